The van der Waals surface area contributed by atoms with Crippen molar-refractivity contribution in [2.45, 2.75) is 13.1 Å². The van der Waals surface area contributed by atoms with Crippen LogP contribution in [0.4, 0.5) is 5.82 Å². The third kappa shape index (κ3) is 4.35. The average molecular weight is 397 g/mol. The summed E-state index contributed by atoms with van der Waals surface area (Å²) in [6.07, 6.45) is 1.67. The van der Waals surface area contributed by atoms with Gasteiger partial charge in [0, 0.05) is 29.7 Å². The molecule has 2 heterocycles. The second-order valence-corrected chi connectivity index (χ2v) is 7.09. The van der Waals surface area contributed by atoms with Gasteiger partial charge in [-0.05, 0) is 17.7 Å². The number of rotatable bonds is 5. The van der Waals surface area contributed by atoms with Gasteiger partial charge in [-0.15, -0.1) is 0 Å². The Hall–Kier alpha value is -2.83. The molecular formula is C21H21ClN4O2. The highest BCUT2D eigenvalue weighted by atomic mass is 35.5. The van der Waals surface area contributed by atoms with Gasteiger partial charge in [0.15, 0.2) is 0 Å². The number of ether oxygens (including phenoxy) is 1. The van der Waals surface area contributed by atoms with Gasteiger partial charge in [0.25, 0.3) is 0 Å². The average Bonchev–Trinajstić information content (AvgIpc) is 3.00. The van der Waals surface area contributed by atoms with Gasteiger partial charge in [-0.2, -0.15) is 5.10 Å². The summed E-state index contributed by atoms with van der Waals surface area (Å²) in [7, 11) is 0. The van der Waals surface area contributed by atoms with E-state index in [1.807, 2.05) is 48.5 Å². The minimum atomic E-state index is -0.0831. The van der Waals surface area contributed by atoms with Gasteiger partial charge in [-0.25, -0.2) is 4.68 Å². The van der Waals surface area contributed by atoms with Crippen LogP contribution in [0.3, 0.4) is 0 Å². The lowest BCUT2D eigenvalue weighted by atomic mass is 10.2. The van der Waals surface area contributed by atoms with E-state index in [1.165, 1.54) is 0 Å². The Balaban J connectivity index is 1.40. The molecule has 1 amide bonds. The summed E-state index contributed by atoms with van der Waals surface area (Å²) >= 11 is 6.24. The zero-order valence-corrected chi connectivity index (χ0v) is 16.1. The Bertz CT molecular complexity index is 972. The number of para-hydroxylation sites is 1. The predicted molar refractivity (Wildman–Crippen MR) is 109 cm³/mol. The first-order chi connectivity index (χ1) is 13.7. The number of nitrogens with zero attached hydrogens (tertiary/aromatic N) is 3. The molecule has 0 spiro atoms. The van der Waals surface area contributed by atoms with E-state index in [2.05, 4.69) is 15.3 Å². The predicted octanol–water partition coefficient (Wildman–Crippen LogP) is 3.42. The molecule has 28 heavy (non-hydrogen) atoms. The van der Waals surface area contributed by atoms with Gasteiger partial charge in [0.05, 0.1) is 19.3 Å². The van der Waals surface area contributed by atoms with Crippen LogP contribution in [0.5, 0.6) is 5.75 Å². The van der Waals surface area contributed by atoms with Crippen LogP contribution in [-0.4, -0.2) is 40.3 Å². The number of fused-ring (bicyclic) bond motifs is 1. The van der Waals surface area contributed by atoms with Crippen LogP contribution in [-0.2, 0) is 17.9 Å². The number of aromatic nitrogens is 2. The van der Waals surface area contributed by atoms with Crippen LogP contribution >= 0.6 is 11.6 Å². The molecule has 4 rings (SSSR count). The number of nitrogens with one attached hydrogen (secondary N) is 1. The molecule has 0 aliphatic carbocycles. The molecule has 2 aromatic carbocycles. The summed E-state index contributed by atoms with van der Waals surface area (Å²) in [5.41, 5.74) is 2.04. The number of carbonyl (C=O) groups excluding carboxylic acids is 1. The topological polar surface area (TPSA) is 59.4 Å². The zero-order chi connectivity index (χ0) is 19.3. The van der Waals surface area contributed by atoms with E-state index >= 15 is 0 Å². The Morgan fingerprint density at radius 1 is 1.14 bits per heavy atom. The molecule has 1 aliphatic heterocycles. The van der Waals surface area contributed by atoms with Crippen molar-refractivity contribution in [3.8, 4) is 5.75 Å². The van der Waals surface area contributed by atoms with Crippen LogP contribution < -0.4 is 10.1 Å². The molecule has 1 N–H and O–H groups in total. The SMILES string of the molecule is O=C(CN1CCOc2ccccc2C1)Nc1ccnn1Cc1ccccc1Cl. The van der Waals surface area contributed by atoms with Crippen molar-refractivity contribution in [2.24, 2.45) is 0 Å². The van der Waals surface area contributed by atoms with Crippen molar-refractivity contribution in [1.29, 1.82) is 0 Å². The van der Waals surface area contributed by atoms with Crippen LogP contribution in [0.1, 0.15) is 11.1 Å². The third-order valence-corrected chi connectivity index (χ3v) is 5.03. The fourth-order valence-corrected chi connectivity index (χ4v) is 3.45. The van der Waals surface area contributed by atoms with Crippen LogP contribution in [0.25, 0.3) is 0 Å². The Morgan fingerprint density at radius 2 is 1.96 bits per heavy atom. The highest BCUT2D eigenvalue weighted by molar-refractivity contribution is 6.31. The number of carbonyl (C=O) groups is 1. The largest absolute Gasteiger partial charge is 0.492 e. The van der Waals surface area contributed by atoms with Crippen molar-refractivity contribution in [3.05, 3.63) is 76.9 Å². The van der Waals surface area contributed by atoms with Gasteiger partial charge in [0.1, 0.15) is 18.2 Å². The van der Waals surface area contributed by atoms with E-state index in [9.17, 15) is 4.79 Å². The number of hydrogen-bond donors (Lipinski definition) is 1. The maximum atomic E-state index is 12.6. The fraction of sp³-hybridized carbons (Fsp3) is 0.238. The van der Waals surface area contributed by atoms with Crippen molar-refractivity contribution in [2.75, 3.05) is 25.0 Å². The molecule has 0 bridgehead atoms. The van der Waals surface area contributed by atoms with Gasteiger partial charge < -0.3 is 10.1 Å². The van der Waals surface area contributed by atoms with E-state index in [0.29, 0.717) is 37.1 Å². The number of benzene rings is 2. The van der Waals surface area contributed by atoms with Crippen molar-refractivity contribution in [3.63, 3.8) is 0 Å². The quantitative estimate of drug-likeness (QED) is 0.718. The van der Waals surface area contributed by atoms with E-state index in [1.54, 1.807) is 16.9 Å². The van der Waals surface area contributed by atoms with E-state index in [-0.39, 0.29) is 12.5 Å². The molecule has 144 valence electrons. The minimum Gasteiger partial charge on any atom is -0.492 e. The maximum Gasteiger partial charge on any atom is 0.239 e. The van der Waals surface area contributed by atoms with Gasteiger partial charge in [0.2, 0.25) is 5.91 Å². The molecule has 0 radical (unpaired) electrons. The van der Waals surface area contributed by atoms with Crippen molar-refractivity contribution < 1.29 is 9.53 Å². The standard InChI is InChI=1S/C21H21ClN4O2/c22-18-7-3-1-5-16(18)14-26-20(9-10-23-26)24-21(27)15-25-11-12-28-19-8-4-2-6-17(19)13-25/h1-10H,11-15H2,(H,24,27). The van der Waals surface area contributed by atoms with Crippen LogP contribution in [0.15, 0.2) is 60.8 Å². The van der Waals surface area contributed by atoms with E-state index in [4.69, 9.17) is 16.3 Å². The number of anilines is 1. The maximum absolute atomic E-state index is 12.6. The first-order valence-electron chi connectivity index (χ1n) is 9.17. The minimum absolute atomic E-state index is 0.0831. The summed E-state index contributed by atoms with van der Waals surface area (Å²) in [4.78, 5) is 14.7. The van der Waals surface area contributed by atoms with E-state index < -0.39 is 0 Å². The van der Waals surface area contributed by atoms with Crippen LogP contribution in [0, 0.1) is 0 Å². The summed E-state index contributed by atoms with van der Waals surface area (Å²) < 4.78 is 7.50. The number of hydrogen-bond acceptors (Lipinski definition) is 4. The van der Waals surface area contributed by atoms with Crippen molar-refractivity contribution >= 4 is 23.3 Å². The van der Waals surface area contributed by atoms with Gasteiger partial charge in [-0.3, -0.25) is 9.69 Å². The zero-order valence-electron chi connectivity index (χ0n) is 15.3. The highest BCUT2D eigenvalue weighted by Gasteiger charge is 2.18. The summed E-state index contributed by atoms with van der Waals surface area (Å²) in [5.74, 6) is 1.46. The first-order valence-corrected chi connectivity index (χ1v) is 9.55. The molecular weight excluding hydrogens is 376 g/mol. The Morgan fingerprint density at radius 3 is 2.86 bits per heavy atom. The molecule has 1 aromatic heterocycles. The second kappa shape index (κ2) is 8.46. The summed E-state index contributed by atoms with van der Waals surface area (Å²) in [5, 5.41) is 7.94. The molecule has 0 saturated carbocycles. The number of amides is 1. The highest BCUT2D eigenvalue weighted by Crippen LogP contribution is 2.22. The lowest BCUT2D eigenvalue weighted by Gasteiger charge is -2.19. The molecule has 0 unspecified atom stereocenters. The molecule has 1 aliphatic rings. The summed E-state index contributed by atoms with van der Waals surface area (Å²) in [6.45, 7) is 2.72. The van der Waals surface area contributed by atoms with Crippen molar-refractivity contribution in [1.82, 2.24) is 14.7 Å². The Kier molecular flexibility index (Phi) is 5.60. The van der Waals surface area contributed by atoms with Gasteiger partial charge >= 0.3 is 0 Å². The molecule has 7 heteroatoms. The fourth-order valence-electron chi connectivity index (χ4n) is 3.25. The molecule has 0 saturated heterocycles. The number of halogens is 1. The first kappa shape index (κ1) is 18.5. The van der Waals surface area contributed by atoms with E-state index in [0.717, 1.165) is 16.9 Å². The normalized spacial score (nSPS) is 14.0. The second-order valence-electron chi connectivity index (χ2n) is 6.68. The molecule has 0 fully saturated rings. The lowest BCUT2D eigenvalue weighted by Crippen LogP contribution is -2.34. The molecule has 0 atom stereocenters. The third-order valence-electron chi connectivity index (χ3n) is 4.66. The smallest absolute Gasteiger partial charge is 0.239 e. The van der Waals surface area contributed by atoms with Crippen LogP contribution in [0.2, 0.25) is 5.02 Å². The molecule has 6 nitrogen and oxygen atoms in total. The van der Waals surface area contributed by atoms with Gasteiger partial charge in [-0.1, -0.05) is 48.0 Å². The lowest BCUT2D eigenvalue weighted by molar-refractivity contribution is -0.117. The Labute approximate surface area is 168 Å². The summed E-state index contributed by atoms with van der Waals surface area (Å²) in [6, 6.07) is 17.3. The molecule has 3 aromatic rings. The monoisotopic (exact) mass is 396 g/mol.